The molecule has 0 fully saturated rings. The summed E-state index contributed by atoms with van der Waals surface area (Å²) in [6.07, 6.45) is -4.27. The van der Waals surface area contributed by atoms with E-state index in [2.05, 4.69) is 4.98 Å². The van der Waals surface area contributed by atoms with Crippen LogP contribution in [0.1, 0.15) is 27.2 Å². The first-order valence-corrected chi connectivity index (χ1v) is 16.2. The van der Waals surface area contributed by atoms with Crippen LogP contribution < -0.4 is 0 Å². The number of carbonyl (C=O) groups is 1. The van der Waals surface area contributed by atoms with Gasteiger partial charge in [-0.2, -0.15) is 23.7 Å². The lowest BCUT2D eigenvalue weighted by Gasteiger charge is -2.16. The second-order valence-electron chi connectivity index (χ2n) is 10.8. The molecule has 0 aliphatic heterocycles. The number of halogens is 5. The van der Waals surface area contributed by atoms with Crippen LogP contribution in [-0.4, -0.2) is 30.5 Å². The molecule has 6 rings (SSSR count). The van der Waals surface area contributed by atoms with Crippen molar-refractivity contribution in [3.05, 3.63) is 130 Å². The van der Waals surface area contributed by atoms with Crippen LogP contribution in [0.3, 0.4) is 0 Å². The molecule has 0 spiro atoms. The first-order chi connectivity index (χ1) is 23.8. The Kier molecular flexibility index (Phi) is 8.66. The van der Waals surface area contributed by atoms with Gasteiger partial charge in [0.25, 0.3) is 10.0 Å². The molecule has 0 N–H and O–H groups in total. The highest BCUT2D eigenvalue weighted by atomic mass is 35.5. The third-order valence-electron chi connectivity index (χ3n) is 7.84. The molecule has 0 aliphatic rings. The minimum Gasteiger partial charge on any atom is -0.465 e. The molecule has 0 atom stereocenters. The number of pyridine rings is 1. The molecule has 0 aliphatic carbocycles. The van der Waals surface area contributed by atoms with Crippen molar-refractivity contribution in [1.29, 1.82) is 10.5 Å². The first-order valence-electron chi connectivity index (χ1n) is 14.3. The van der Waals surface area contributed by atoms with Gasteiger partial charge in [0, 0.05) is 38.9 Å². The number of alkyl halides is 3. The van der Waals surface area contributed by atoms with Crippen molar-refractivity contribution >= 4 is 38.5 Å². The molecule has 8 nitrogen and oxygen atoms in total. The molecule has 14 heteroatoms. The number of nitrogens with zero attached hydrogens (tertiary/aromatic N) is 4. The molecule has 0 unspecified atom stereocenters. The summed E-state index contributed by atoms with van der Waals surface area (Å²) in [6, 6.07) is 23.6. The Morgan fingerprint density at radius 1 is 0.880 bits per heavy atom. The lowest BCUT2D eigenvalue weighted by Crippen LogP contribution is -2.16. The summed E-state index contributed by atoms with van der Waals surface area (Å²) >= 11 is 6.57. The lowest BCUT2D eigenvalue weighted by atomic mass is 9.90. The standard InChI is InChI=1S/C36H19ClF4N4O4S/c1-49-35(46)22-8-11-27(29(37)15-22)20-4-2-5-21(14-20)34-33(32-23(17-42)6-3-7-24(32)18-43)28-16-25(38)9-12-30(28)45(34)50(47,48)26-10-13-31(44-19-26)36(39,40)41/h2-16,19H,1H3. The van der Waals surface area contributed by atoms with Gasteiger partial charge in [-0.1, -0.05) is 41.9 Å². The second kappa shape index (κ2) is 12.8. The van der Waals surface area contributed by atoms with Gasteiger partial charge in [-0.15, -0.1) is 0 Å². The van der Waals surface area contributed by atoms with E-state index in [0.29, 0.717) is 23.4 Å². The van der Waals surface area contributed by atoms with E-state index < -0.39 is 38.6 Å². The Hall–Kier alpha value is -6.02. The van der Waals surface area contributed by atoms with Crippen LogP contribution in [0.5, 0.6) is 0 Å². The molecule has 6 aromatic rings. The number of rotatable bonds is 6. The average molecular weight is 715 g/mol. The van der Waals surface area contributed by atoms with Gasteiger partial charge >= 0.3 is 12.1 Å². The Morgan fingerprint density at radius 3 is 2.16 bits per heavy atom. The fourth-order valence-corrected chi connectivity index (χ4v) is 7.42. The maximum atomic E-state index is 15.0. The van der Waals surface area contributed by atoms with Gasteiger partial charge in [0.1, 0.15) is 16.4 Å². The van der Waals surface area contributed by atoms with E-state index in [1.807, 2.05) is 12.1 Å². The van der Waals surface area contributed by atoms with Gasteiger partial charge in [0.15, 0.2) is 0 Å². The van der Waals surface area contributed by atoms with Crippen molar-refractivity contribution in [2.24, 2.45) is 0 Å². The molecule has 0 saturated carbocycles. The van der Waals surface area contributed by atoms with Crippen LogP contribution in [0.15, 0.2) is 102 Å². The van der Waals surface area contributed by atoms with E-state index in [0.717, 1.165) is 22.2 Å². The first kappa shape index (κ1) is 33.9. The fourth-order valence-electron chi connectivity index (χ4n) is 5.64. The highest BCUT2D eigenvalue weighted by molar-refractivity contribution is 7.90. The Balaban J connectivity index is 1.74. The van der Waals surface area contributed by atoms with E-state index in [1.165, 1.54) is 49.6 Å². The molecule has 50 heavy (non-hydrogen) atoms. The highest BCUT2D eigenvalue weighted by Gasteiger charge is 2.35. The quantitative estimate of drug-likeness (QED) is 0.125. The van der Waals surface area contributed by atoms with E-state index in [9.17, 15) is 36.9 Å². The van der Waals surface area contributed by atoms with Crippen LogP contribution in [0.4, 0.5) is 17.6 Å². The molecular formula is C36H19ClF4N4O4S. The Labute approximate surface area is 287 Å². The molecule has 4 aromatic carbocycles. The number of esters is 1. The zero-order chi connectivity index (χ0) is 36.0. The number of hydrogen-bond acceptors (Lipinski definition) is 7. The number of ether oxygens (including phenoxy) is 1. The van der Waals surface area contributed by atoms with Crippen molar-refractivity contribution in [1.82, 2.24) is 8.96 Å². The van der Waals surface area contributed by atoms with Gasteiger partial charge in [0.2, 0.25) is 0 Å². The normalized spacial score (nSPS) is 11.6. The summed E-state index contributed by atoms with van der Waals surface area (Å²) in [5.41, 5.74) is -0.359. The van der Waals surface area contributed by atoms with Crippen LogP contribution in [-0.2, 0) is 20.9 Å². The maximum absolute atomic E-state index is 15.0. The number of carbonyl (C=O) groups excluding carboxylic acids is 1. The van der Waals surface area contributed by atoms with Gasteiger partial charge in [0.05, 0.1) is 47.1 Å². The van der Waals surface area contributed by atoms with Gasteiger partial charge in [-0.25, -0.2) is 21.6 Å². The molecule has 0 amide bonds. The Bertz CT molecular complexity index is 2520. The van der Waals surface area contributed by atoms with Crippen LogP contribution in [0.25, 0.3) is 44.4 Å². The number of methoxy groups -OCH3 is 1. The number of hydrogen-bond donors (Lipinski definition) is 0. The third kappa shape index (κ3) is 5.83. The van der Waals surface area contributed by atoms with E-state index in [1.54, 1.807) is 24.3 Å². The summed E-state index contributed by atoms with van der Waals surface area (Å²) < 4.78 is 89.7. The van der Waals surface area contributed by atoms with Crippen molar-refractivity contribution < 1.29 is 35.5 Å². The summed E-state index contributed by atoms with van der Waals surface area (Å²) in [7, 11) is -3.61. The van der Waals surface area contributed by atoms with E-state index >= 15 is 4.39 Å². The topological polar surface area (TPSA) is 126 Å². The summed E-state index contributed by atoms with van der Waals surface area (Å²) in [4.78, 5) is 14.8. The predicted molar refractivity (Wildman–Crippen MR) is 176 cm³/mol. The number of benzene rings is 4. The fraction of sp³-hybridized carbons (Fsp3) is 0.0556. The number of fused-ring (bicyclic) bond motifs is 1. The maximum Gasteiger partial charge on any atom is 0.433 e. The van der Waals surface area contributed by atoms with Crippen molar-refractivity contribution in [3.63, 3.8) is 0 Å². The predicted octanol–water partition coefficient (Wildman–Crippen LogP) is 8.62. The van der Waals surface area contributed by atoms with Crippen molar-refractivity contribution in [3.8, 4) is 45.6 Å². The van der Waals surface area contributed by atoms with E-state index in [4.69, 9.17) is 16.3 Å². The van der Waals surface area contributed by atoms with Crippen molar-refractivity contribution in [2.45, 2.75) is 11.1 Å². The van der Waals surface area contributed by atoms with Gasteiger partial charge < -0.3 is 4.74 Å². The third-order valence-corrected chi connectivity index (χ3v) is 9.85. The zero-order valence-electron chi connectivity index (χ0n) is 25.5. The molecule has 0 saturated heterocycles. The summed E-state index contributed by atoms with van der Waals surface area (Å²) in [6.45, 7) is 0. The second-order valence-corrected chi connectivity index (χ2v) is 12.9. The SMILES string of the molecule is COC(=O)c1ccc(-c2cccc(-c3c(-c4c(C#N)cccc4C#N)c4cc(F)ccc4n3S(=O)(=O)c3ccc(C(F)(F)F)nc3)c2)c(Cl)c1. The summed E-state index contributed by atoms with van der Waals surface area (Å²) in [5.74, 6) is -1.39. The smallest absolute Gasteiger partial charge is 0.433 e. The Morgan fingerprint density at radius 2 is 1.56 bits per heavy atom. The minimum absolute atomic E-state index is 0.000863. The molecule has 0 bridgehead atoms. The minimum atomic E-state index is -4.84. The average Bonchev–Trinajstić information content (AvgIpc) is 3.45. The van der Waals surface area contributed by atoms with Gasteiger partial charge in [-0.05, 0) is 66.2 Å². The van der Waals surface area contributed by atoms with E-state index in [-0.39, 0.29) is 55.0 Å². The summed E-state index contributed by atoms with van der Waals surface area (Å²) in [5, 5.41) is 20.4. The molecule has 0 radical (unpaired) electrons. The van der Waals surface area contributed by atoms with Crippen LogP contribution in [0.2, 0.25) is 5.02 Å². The highest BCUT2D eigenvalue weighted by Crippen LogP contribution is 2.46. The van der Waals surface area contributed by atoms with Crippen molar-refractivity contribution in [2.75, 3.05) is 7.11 Å². The number of aromatic nitrogens is 2. The van der Waals surface area contributed by atoms with Crippen LogP contribution >= 0.6 is 11.6 Å². The largest absolute Gasteiger partial charge is 0.465 e. The molecule has 248 valence electrons. The van der Waals surface area contributed by atoms with Crippen LogP contribution in [0, 0.1) is 28.5 Å². The number of nitriles is 2. The monoisotopic (exact) mass is 714 g/mol. The molecule has 2 heterocycles. The molecule has 2 aromatic heterocycles. The van der Waals surface area contributed by atoms with Gasteiger partial charge in [-0.3, -0.25) is 4.98 Å². The zero-order valence-corrected chi connectivity index (χ0v) is 27.0. The molecular weight excluding hydrogens is 696 g/mol. The lowest BCUT2D eigenvalue weighted by molar-refractivity contribution is -0.141.